The van der Waals surface area contributed by atoms with Crippen LogP contribution in [0.5, 0.6) is 11.5 Å². The van der Waals surface area contributed by atoms with Gasteiger partial charge in [-0.1, -0.05) is 13.8 Å². The van der Waals surface area contributed by atoms with Gasteiger partial charge in [-0.05, 0) is 37.9 Å². The maximum atomic E-state index is 5.72. The van der Waals surface area contributed by atoms with E-state index in [0.29, 0.717) is 13.2 Å². The van der Waals surface area contributed by atoms with Crippen molar-refractivity contribution in [3.05, 3.63) is 18.2 Å². The fourth-order valence-electron chi connectivity index (χ4n) is 3.30. The standard InChI is InChI=1S/C17H26N2O2/c1-3-17(4-2)13-19(9-5-8-18-17)14-6-7-15-16(12-14)21-11-10-20-15/h6-7,12,18H,3-5,8-11,13H2,1-2H3. The molecule has 116 valence electrons. The zero-order valence-corrected chi connectivity index (χ0v) is 13.2. The summed E-state index contributed by atoms with van der Waals surface area (Å²) in [5.41, 5.74) is 1.47. The lowest BCUT2D eigenvalue weighted by atomic mass is 9.92. The Kier molecular flexibility index (Phi) is 4.24. The molecule has 0 aliphatic carbocycles. The SMILES string of the molecule is CCC1(CC)CN(c2ccc3c(c2)OCCO3)CCCN1. The Morgan fingerprint density at radius 3 is 2.67 bits per heavy atom. The lowest BCUT2D eigenvalue weighted by Gasteiger charge is -2.36. The second kappa shape index (κ2) is 6.14. The fourth-order valence-corrected chi connectivity index (χ4v) is 3.30. The molecule has 1 aromatic rings. The predicted molar refractivity (Wildman–Crippen MR) is 85.6 cm³/mol. The van der Waals surface area contributed by atoms with Gasteiger partial charge < -0.3 is 19.7 Å². The summed E-state index contributed by atoms with van der Waals surface area (Å²) in [7, 11) is 0. The Balaban J connectivity index is 1.84. The molecule has 0 spiro atoms. The number of hydrogen-bond acceptors (Lipinski definition) is 4. The van der Waals surface area contributed by atoms with E-state index < -0.39 is 0 Å². The zero-order valence-electron chi connectivity index (χ0n) is 13.2. The van der Waals surface area contributed by atoms with Crippen molar-refractivity contribution in [2.45, 2.75) is 38.6 Å². The third-order valence-corrected chi connectivity index (χ3v) is 4.84. The van der Waals surface area contributed by atoms with Crippen LogP contribution in [0.15, 0.2) is 18.2 Å². The number of hydrogen-bond donors (Lipinski definition) is 1. The first-order valence-electron chi connectivity index (χ1n) is 8.16. The van der Waals surface area contributed by atoms with Gasteiger partial charge >= 0.3 is 0 Å². The minimum Gasteiger partial charge on any atom is -0.486 e. The molecule has 0 amide bonds. The molecule has 0 saturated carbocycles. The Bertz CT molecular complexity index is 486. The lowest BCUT2D eigenvalue weighted by molar-refractivity contribution is 0.171. The highest BCUT2D eigenvalue weighted by molar-refractivity contribution is 5.57. The molecule has 21 heavy (non-hydrogen) atoms. The van der Waals surface area contributed by atoms with Crippen LogP contribution in [0.25, 0.3) is 0 Å². The van der Waals surface area contributed by atoms with Crippen molar-refractivity contribution in [2.24, 2.45) is 0 Å². The molecule has 0 radical (unpaired) electrons. The molecule has 0 atom stereocenters. The molecule has 0 aromatic heterocycles. The van der Waals surface area contributed by atoms with E-state index in [9.17, 15) is 0 Å². The average Bonchev–Trinajstić information content (AvgIpc) is 2.77. The third kappa shape index (κ3) is 2.95. The summed E-state index contributed by atoms with van der Waals surface area (Å²) in [5.74, 6) is 1.75. The van der Waals surface area contributed by atoms with Gasteiger partial charge in [0.1, 0.15) is 13.2 Å². The number of anilines is 1. The molecule has 4 heteroatoms. The molecule has 2 aliphatic rings. The monoisotopic (exact) mass is 290 g/mol. The smallest absolute Gasteiger partial charge is 0.163 e. The fraction of sp³-hybridized carbons (Fsp3) is 0.647. The van der Waals surface area contributed by atoms with Crippen molar-refractivity contribution in [1.29, 1.82) is 0 Å². The van der Waals surface area contributed by atoms with Crippen molar-refractivity contribution in [1.82, 2.24) is 5.32 Å². The second-order valence-electron chi connectivity index (χ2n) is 6.02. The first-order chi connectivity index (χ1) is 10.3. The van der Waals surface area contributed by atoms with Crippen molar-refractivity contribution < 1.29 is 9.47 Å². The van der Waals surface area contributed by atoms with E-state index in [1.54, 1.807) is 0 Å². The Morgan fingerprint density at radius 1 is 1.14 bits per heavy atom. The molecule has 4 nitrogen and oxygen atoms in total. The van der Waals surface area contributed by atoms with Crippen LogP contribution in [0.2, 0.25) is 0 Å². The van der Waals surface area contributed by atoms with Crippen LogP contribution < -0.4 is 19.7 Å². The molecule has 1 fully saturated rings. The van der Waals surface area contributed by atoms with E-state index in [1.165, 1.54) is 12.1 Å². The third-order valence-electron chi connectivity index (χ3n) is 4.84. The first-order valence-corrected chi connectivity index (χ1v) is 8.16. The molecule has 1 N–H and O–H groups in total. The van der Waals surface area contributed by atoms with E-state index in [2.05, 4.69) is 36.2 Å². The van der Waals surface area contributed by atoms with E-state index >= 15 is 0 Å². The summed E-state index contributed by atoms with van der Waals surface area (Å²) in [6, 6.07) is 6.34. The predicted octanol–water partition coefficient (Wildman–Crippen LogP) is 2.82. The minimum atomic E-state index is 0.226. The number of benzene rings is 1. The van der Waals surface area contributed by atoms with Gasteiger partial charge in [0.15, 0.2) is 11.5 Å². The van der Waals surface area contributed by atoms with Crippen molar-refractivity contribution >= 4 is 5.69 Å². The zero-order chi connectivity index (χ0) is 14.7. The van der Waals surface area contributed by atoms with Crippen LogP contribution in [0, 0.1) is 0 Å². The van der Waals surface area contributed by atoms with Crippen molar-refractivity contribution in [3.8, 4) is 11.5 Å². The molecule has 1 saturated heterocycles. The number of ether oxygens (including phenoxy) is 2. The summed E-state index contributed by atoms with van der Waals surface area (Å²) in [5, 5.41) is 3.76. The van der Waals surface area contributed by atoms with Crippen LogP contribution in [-0.4, -0.2) is 38.4 Å². The van der Waals surface area contributed by atoms with Crippen LogP contribution in [0.4, 0.5) is 5.69 Å². The van der Waals surface area contributed by atoms with E-state index in [-0.39, 0.29) is 5.54 Å². The topological polar surface area (TPSA) is 33.7 Å². The van der Waals surface area contributed by atoms with Gasteiger partial charge in [0.25, 0.3) is 0 Å². The van der Waals surface area contributed by atoms with Gasteiger partial charge in [0, 0.05) is 30.4 Å². The molecule has 0 bridgehead atoms. The Hall–Kier alpha value is -1.42. The molecule has 2 heterocycles. The Labute approximate surface area is 127 Å². The van der Waals surface area contributed by atoms with Crippen LogP contribution in [0.3, 0.4) is 0 Å². The largest absolute Gasteiger partial charge is 0.486 e. The van der Waals surface area contributed by atoms with E-state index in [0.717, 1.165) is 44.0 Å². The summed E-state index contributed by atoms with van der Waals surface area (Å²) in [4.78, 5) is 2.49. The Morgan fingerprint density at radius 2 is 1.90 bits per heavy atom. The summed E-state index contributed by atoms with van der Waals surface area (Å²) < 4.78 is 11.3. The minimum absolute atomic E-state index is 0.226. The summed E-state index contributed by atoms with van der Waals surface area (Å²) >= 11 is 0. The van der Waals surface area contributed by atoms with Gasteiger partial charge in [0.2, 0.25) is 0 Å². The van der Waals surface area contributed by atoms with Crippen molar-refractivity contribution in [2.75, 3.05) is 37.7 Å². The molecule has 1 aromatic carbocycles. The molecule has 2 aliphatic heterocycles. The van der Waals surface area contributed by atoms with Crippen LogP contribution in [-0.2, 0) is 0 Å². The van der Waals surface area contributed by atoms with Gasteiger partial charge in [0.05, 0.1) is 0 Å². The molecular weight excluding hydrogens is 264 g/mol. The first kappa shape index (κ1) is 14.5. The van der Waals surface area contributed by atoms with E-state index in [1.807, 2.05) is 6.07 Å². The summed E-state index contributed by atoms with van der Waals surface area (Å²) in [6.07, 6.45) is 3.49. The maximum absolute atomic E-state index is 5.72. The number of nitrogens with zero attached hydrogens (tertiary/aromatic N) is 1. The highest BCUT2D eigenvalue weighted by Crippen LogP contribution is 2.35. The van der Waals surface area contributed by atoms with Gasteiger partial charge in [-0.3, -0.25) is 0 Å². The van der Waals surface area contributed by atoms with Gasteiger partial charge in [-0.25, -0.2) is 0 Å². The second-order valence-corrected chi connectivity index (χ2v) is 6.02. The van der Waals surface area contributed by atoms with Gasteiger partial charge in [-0.15, -0.1) is 0 Å². The number of nitrogens with one attached hydrogen (secondary N) is 1. The maximum Gasteiger partial charge on any atom is 0.163 e. The van der Waals surface area contributed by atoms with Crippen LogP contribution >= 0.6 is 0 Å². The molecular formula is C17H26N2O2. The molecule has 3 rings (SSSR count). The number of rotatable bonds is 3. The van der Waals surface area contributed by atoms with Crippen LogP contribution in [0.1, 0.15) is 33.1 Å². The molecule has 0 unspecified atom stereocenters. The summed E-state index contributed by atoms with van der Waals surface area (Å²) in [6.45, 7) is 9.10. The highest BCUT2D eigenvalue weighted by Gasteiger charge is 2.30. The number of fused-ring (bicyclic) bond motifs is 1. The highest BCUT2D eigenvalue weighted by atomic mass is 16.6. The average molecular weight is 290 g/mol. The lowest BCUT2D eigenvalue weighted by Crippen LogP contribution is -2.50. The van der Waals surface area contributed by atoms with Gasteiger partial charge in [-0.2, -0.15) is 0 Å². The normalized spacial score (nSPS) is 21.0. The van der Waals surface area contributed by atoms with E-state index in [4.69, 9.17) is 9.47 Å². The quantitative estimate of drug-likeness (QED) is 0.928. The van der Waals surface area contributed by atoms with Crippen molar-refractivity contribution in [3.63, 3.8) is 0 Å².